The van der Waals surface area contributed by atoms with Crippen molar-refractivity contribution in [3.05, 3.63) is 52.8 Å². The molecular formula is C21H32ClN5O. The standard InChI is InChI=1S/C21H31N5O.ClH/c1-4-21(5-2,24-15(3)16-9-7-6-8-10-16)14-23-20(27)19-17-13-22-12-11-18(17)25-26-19;/h6-10,15,22,24H,4-5,11-14H2,1-3H3,(H,23,27)(H,25,26);1H. The lowest BCUT2D eigenvalue weighted by Crippen LogP contribution is -2.53. The summed E-state index contributed by atoms with van der Waals surface area (Å²) >= 11 is 0. The van der Waals surface area contributed by atoms with Gasteiger partial charge in [-0.15, -0.1) is 12.4 Å². The zero-order valence-corrected chi connectivity index (χ0v) is 17.8. The normalized spacial score (nSPS) is 14.7. The molecule has 2 aromatic rings. The van der Waals surface area contributed by atoms with Gasteiger partial charge in [-0.3, -0.25) is 9.89 Å². The SMILES string of the molecule is CCC(CC)(CNC(=O)c1n[nH]c2c1CNCC2)NC(C)c1ccccc1.Cl. The van der Waals surface area contributed by atoms with E-state index in [-0.39, 0.29) is 29.9 Å². The summed E-state index contributed by atoms with van der Waals surface area (Å²) in [6.45, 7) is 8.70. The van der Waals surface area contributed by atoms with Gasteiger partial charge in [0, 0.05) is 48.9 Å². The van der Waals surface area contributed by atoms with Crippen molar-refractivity contribution in [1.29, 1.82) is 0 Å². The van der Waals surface area contributed by atoms with Crippen LogP contribution in [-0.4, -0.2) is 34.7 Å². The minimum atomic E-state index is -0.153. The van der Waals surface area contributed by atoms with Crippen molar-refractivity contribution in [2.45, 2.75) is 58.2 Å². The molecule has 0 saturated heterocycles. The molecule has 154 valence electrons. The van der Waals surface area contributed by atoms with Gasteiger partial charge >= 0.3 is 0 Å². The number of H-pyrrole nitrogens is 1. The van der Waals surface area contributed by atoms with Crippen LogP contribution in [0.25, 0.3) is 0 Å². The molecule has 0 fully saturated rings. The molecule has 1 amide bonds. The van der Waals surface area contributed by atoms with Crippen LogP contribution in [-0.2, 0) is 13.0 Å². The van der Waals surface area contributed by atoms with E-state index in [0.717, 1.165) is 37.1 Å². The molecule has 1 atom stereocenters. The Hall–Kier alpha value is -1.89. The molecule has 7 heteroatoms. The first-order valence-corrected chi connectivity index (χ1v) is 9.96. The maximum Gasteiger partial charge on any atom is 0.272 e. The van der Waals surface area contributed by atoms with Crippen LogP contribution in [0.1, 0.15) is 67.0 Å². The average molecular weight is 406 g/mol. The van der Waals surface area contributed by atoms with Crippen molar-refractivity contribution in [3.63, 3.8) is 0 Å². The number of hydrogen-bond donors (Lipinski definition) is 4. The van der Waals surface area contributed by atoms with Crippen molar-refractivity contribution < 1.29 is 4.79 Å². The first-order valence-electron chi connectivity index (χ1n) is 9.96. The predicted octanol–water partition coefficient (Wildman–Crippen LogP) is 3.12. The van der Waals surface area contributed by atoms with Crippen molar-refractivity contribution >= 4 is 18.3 Å². The number of hydrogen-bond acceptors (Lipinski definition) is 4. The molecule has 3 rings (SSSR count). The second-order valence-corrected chi connectivity index (χ2v) is 7.40. The van der Waals surface area contributed by atoms with E-state index in [2.05, 4.69) is 71.2 Å². The van der Waals surface area contributed by atoms with Gasteiger partial charge in [0.2, 0.25) is 0 Å². The third kappa shape index (κ3) is 4.93. The van der Waals surface area contributed by atoms with E-state index in [9.17, 15) is 4.79 Å². The first-order chi connectivity index (χ1) is 13.1. The number of aromatic nitrogens is 2. The lowest BCUT2D eigenvalue weighted by molar-refractivity contribution is 0.0927. The molecule has 28 heavy (non-hydrogen) atoms. The Labute approximate surface area is 173 Å². The van der Waals surface area contributed by atoms with E-state index >= 15 is 0 Å². The van der Waals surface area contributed by atoms with E-state index in [4.69, 9.17) is 0 Å². The molecule has 2 heterocycles. The molecule has 0 spiro atoms. The molecule has 0 bridgehead atoms. The molecule has 0 radical (unpaired) electrons. The molecular weight excluding hydrogens is 374 g/mol. The van der Waals surface area contributed by atoms with Crippen LogP contribution in [0.4, 0.5) is 0 Å². The van der Waals surface area contributed by atoms with Gasteiger partial charge in [-0.05, 0) is 25.3 Å². The fourth-order valence-corrected chi connectivity index (χ4v) is 3.79. The molecule has 1 aliphatic heterocycles. The van der Waals surface area contributed by atoms with Gasteiger partial charge in [0.1, 0.15) is 0 Å². The van der Waals surface area contributed by atoms with Crippen molar-refractivity contribution in [1.82, 2.24) is 26.1 Å². The van der Waals surface area contributed by atoms with Crippen LogP contribution in [0.2, 0.25) is 0 Å². The topological polar surface area (TPSA) is 81.8 Å². The first kappa shape index (κ1) is 22.4. The minimum Gasteiger partial charge on any atom is -0.349 e. The highest BCUT2D eigenvalue weighted by Gasteiger charge is 2.30. The number of nitrogens with zero attached hydrogens (tertiary/aromatic N) is 1. The maximum absolute atomic E-state index is 12.8. The number of amides is 1. The Kier molecular flexibility index (Phi) is 8.04. The fourth-order valence-electron chi connectivity index (χ4n) is 3.79. The van der Waals surface area contributed by atoms with E-state index in [1.54, 1.807) is 0 Å². The fraction of sp³-hybridized carbons (Fsp3) is 0.524. The smallest absolute Gasteiger partial charge is 0.272 e. The number of carbonyl (C=O) groups excluding carboxylic acids is 1. The van der Waals surface area contributed by atoms with E-state index < -0.39 is 0 Å². The summed E-state index contributed by atoms with van der Waals surface area (Å²) in [4.78, 5) is 12.8. The summed E-state index contributed by atoms with van der Waals surface area (Å²) in [6.07, 6.45) is 2.75. The monoisotopic (exact) mass is 405 g/mol. The number of aromatic amines is 1. The maximum atomic E-state index is 12.8. The number of nitrogens with one attached hydrogen (secondary N) is 4. The molecule has 1 aliphatic rings. The zero-order valence-electron chi connectivity index (χ0n) is 17.0. The highest BCUT2D eigenvalue weighted by atomic mass is 35.5. The van der Waals surface area contributed by atoms with E-state index in [0.29, 0.717) is 18.8 Å². The van der Waals surface area contributed by atoms with Gasteiger partial charge in [-0.2, -0.15) is 5.10 Å². The van der Waals surface area contributed by atoms with Gasteiger partial charge in [0.15, 0.2) is 5.69 Å². The average Bonchev–Trinajstić information content (AvgIpc) is 3.16. The van der Waals surface area contributed by atoms with Crippen LogP contribution in [0.5, 0.6) is 0 Å². The minimum absolute atomic E-state index is 0. The molecule has 6 nitrogen and oxygen atoms in total. The van der Waals surface area contributed by atoms with Gasteiger partial charge in [-0.25, -0.2) is 0 Å². The Morgan fingerprint density at radius 3 is 2.64 bits per heavy atom. The third-order valence-corrected chi connectivity index (χ3v) is 5.78. The summed E-state index contributed by atoms with van der Waals surface area (Å²) in [6, 6.07) is 10.6. The second-order valence-electron chi connectivity index (χ2n) is 7.40. The largest absolute Gasteiger partial charge is 0.349 e. The van der Waals surface area contributed by atoms with Gasteiger partial charge in [-0.1, -0.05) is 44.2 Å². The Bertz CT molecular complexity index is 757. The highest BCUT2D eigenvalue weighted by Crippen LogP contribution is 2.22. The predicted molar refractivity (Wildman–Crippen MR) is 115 cm³/mol. The Morgan fingerprint density at radius 2 is 1.96 bits per heavy atom. The summed E-state index contributed by atoms with van der Waals surface area (Å²) < 4.78 is 0. The van der Waals surface area contributed by atoms with Crippen LogP contribution in [0, 0.1) is 0 Å². The number of halogens is 1. The van der Waals surface area contributed by atoms with Gasteiger partial charge in [0.05, 0.1) is 0 Å². The summed E-state index contributed by atoms with van der Waals surface area (Å²) in [5, 5.41) is 17.5. The second kappa shape index (κ2) is 10.0. The number of carbonyl (C=O) groups is 1. The van der Waals surface area contributed by atoms with Crippen molar-refractivity contribution in [2.75, 3.05) is 13.1 Å². The van der Waals surface area contributed by atoms with Gasteiger partial charge in [0.25, 0.3) is 5.91 Å². The molecule has 1 unspecified atom stereocenters. The summed E-state index contributed by atoms with van der Waals surface area (Å²) in [5.74, 6) is -0.100. The lowest BCUT2D eigenvalue weighted by atomic mass is 9.90. The zero-order chi connectivity index (χ0) is 19.3. The van der Waals surface area contributed by atoms with E-state index in [1.165, 1.54) is 5.56 Å². The van der Waals surface area contributed by atoms with Crippen molar-refractivity contribution in [2.24, 2.45) is 0 Å². The number of benzene rings is 1. The van der Waals surface area contributed by atoms with E-state index in [1.807, 2.05) is 6.07 Å². The summed E-state index contributed by atoms with van der Waals surface area (Å²) in [5.41, 5.74) is 3.70. The quantitative estimate of drug-likeness (QED) is 0.544. The third-order valence-electron chi connectivity index (χ3n) is 5.78. The van der Waals surface area contributed by atoms with Crippen LogP contribution in [0.3, 0.4) is 0 Å². The lowest BCUT2D eigenvalue weighted by Gasteiger charge is -2.36. The van der Waals surface area contributed by atoms with Crippen LogP contribution >= 0.6 is 12.4 Å². The molecule has 0 aliphatic carbocycles. The summed E-state index contributed by atoms with van der Waals surface area (Å²) in [7, 11) is 0. The molecule has 0 saturated carbocycles. The molecule has 4 N–H and O–H groups in total. The Balaban J connectivity index is 0.00000280. The van der Waals surface area contributed by atoms with Crippen LogP contribution in [0.15, 0.2) is 30.3 Å². The van der Waals surface area contributed by atoms with Gasteiger partial charge < -0.3 is 16.0 Å². The van der Waals surface area contributed by atoms with Crippen molar-refractivity contribution in [3.8, 4) is 0 Å². The Morgan fingerprint density at radius 1 is 1.25 bits per heavy atom. The molecule has 1 aromatic heterocycles. The van der Waals surface area contributed by atoms with Crippen LogP contribution < -0.4 is 16.0 Å². The number of rotatable bonds is 8. The number of fused-ring (bicyclic) bond motifs is 1. The molecule has 1 aromatic carbocycles. The highest BCUT2D eigenvalue weighted by molar-refractivity contribution is 5.94.